The number of nitrogens with one attached hydrogen (secondary N) is 1. The molecule has 0 bridgehead atoms. The van der Waals surface area contributed by atoms with Gasteiger partial charge in [0.1, 0.15) is 11.5 Å². The largest absolute Gasteiger partial charge is 0.497 e. The van der Waals surface area contributed by atoms with Gasteiger partial charge in [-0.2, -0.15) is 11.3 Å². The van der Waals surface area contributed by atoms with Gasteiger partial charge in [0.05, 0.1) is 25.8 Å². The minimum atomic E-state index is -0.260. The summed E-state index contributed by atoms with van der Waals surface area (Å²) in [5.74, 6) is 1.46. The molecule has 1 N–H and O–H groups in total. The van der Waals surface area contributed by atoms with E-state index >= 15 is 0 Å². The molecule has 0 aliphatic carbocycles. The molecule has 5 heteroatoms. The van der Waals surface area contributed by atoms with Crippen LogP contribution >= 0.6 is 11.3 Å². The maximum Gasteiger partial charge on any atom is 0.252 e. The summed E-state index contributed by atoms with van der Waals surface area (Å²) in [5, 5.41) is 6.85. The van der Waals surface area contributed by atoms with Crippen molar-refractivity contribution in [2.45, 2.75) is 6.04 Å². The van der Waals surface area contributed by atoms with Crippen LogP contribution in [0.5, 0.6) is 11.5 Å². The van der Waals surface area contributed by atoms with E-state index in [4.69, 9.17) is 9.47 Å². The summed E-state index contributed by atoms with van der Waals surface area (Å²) in [5.41, 5.74) is 2.63. The van der Waals surface area contributed by atoms with Crippen LogP contribution in [-0.2, 0) is 0 Å². The number of amides is 1. The van der Waals surface area contributed by atoms with Crippen LogP contribution in [0.4, 0.5) is 0 Å². The topological polar surface area (TPSA) is 47.6 Å². The molecule has 0 aliphatic rings. The number of carbonyl (C=O) groups is 1. The molecule has 1 heterocycles. The number of ether oxygens (including phenoxy) is 2. The third-order valence-electron chi connectivity index (χ3n) is 3.96. The van der Waals surface area contributed by atoms with Crippen LogP contribution in [0.15, 0.2) is 65.4 Å². The fraction of sp³-hybridized carbons (Fsp3) is 0.150. The van der Waals surface area contributed by atoms with E-state index < -0.39 is 0 Å². The van der Waals surface area contributed by atoms with E-state index in [1.54, 1.807) is 14.2 Å². The fourth-order valence-corrected chi connectivity index (χ4v) is 3.20. The van der Waals surface area contributed by atoms with Gasteiger partial charge in [0.25, 0.3) is 5.91 Å². The van der Waals surface area contributed by atoms with E-state index in [1.807, 2.05) is 65.4 Å². The average Bonchev–Trinajstić information content (AvgIpc) is 3.21. The van der Waals surface area contributed by atoms with Crippen molar-refractivity contribution in [3.8, 4) is 11.5 Å². The van der Waals surface area contributed by atoms with Gasteiger partial charge < -0.3 is 14.8 Å². The zero-order valence-electron chi connectivity index (χ0n) is 14.1. The minimum Gasteiger partial charge on any atom is -0.497 e. The van der Waals surface area contributed by atoms with Crippen molar-refractivity contribution < 1.29 is 14.3 Å². The lowest BCUT2D eigenvalue weighted by atomic mass is 9.98. The number of methoxy groups -OCH3 is 2. The highest BCUT2D eigenvalue weighted by molar-refractivity contribution is 7.08. The molecule has 0 radical (unpaired) electrons. The van der Waals surface area contributed by atoms with Crippen molar-refractivity contribution in [2.24, 2.45) is 0 Å². The van der Waals surface area contributed by atoms with Crippen molar-refractivity contribution in [1.82, 2.24) is 5.32 Å². The zero-order chi connectivity index (χ0) is 17.6. The van der Waals surface area contributed by atoms with Gasteiger partial charge in [-0.1, -0.05) is 24.3 Å². The summed E-state index contributed by atoms with van der Waals surface area (Å²) < 4.78 is 10.4. The van der Waals surface area contributed by atoms with Crippen molar-refractivity contribution in [3.05, 3.63) is 82.0 Å². The van der Waals surface area contributed by atoms with Crippen LogP contribution in [0.2, 0.25) is 0 Å². The summed E-state index contributed by atoms with van der Waals surface area (Å²) in [6.45, 7) is 0. The first-order chi connectivity index (χ1) is 12.2. The molecule has 2 aromatic carbocycles. The van der Waals surface area contributed by atoms with Crippen molar-refractivity contribution >= 4 is 17.2 Å². The second-order valence-corrected chi connectivity index (χ2v) is 6.24. The number of hydrogen-bond acceptors (Lipinski definition) is 4. The fourth-order valence-electron chi connectivity index (χ4n) is 2.56. The second kappa shape index (κ2) is 7.85. The van der Waals surface area contributed by atoms with Gasteiger partial charge in [-0.15, -0.1) is 0 Å². The third kappa shape index (κ3) is 4.00. The third-order valence-corrected chi connectivity index (χ3v) is 4.64. The van der Waals surface area contributed by atoms with E-state index in [9.17, 15) is 4.79 Å². The maximum absolute atomic E-state index is 12.6. The molecule has 3 rings (SSSR count). The number of rotatable bonds is 6. The summed E-state index contributed by atoms with van der Waals surface area (Å²) >= 11 is 1.50. The number of thiophene rings is 1. The van der Waals surface area contributed by atoms with Crippen molar-refractivity contribution in [2.75, 3.05) is 14.2 Å². The summed E-state index contributed by atoms with van der Waals surface area (Å²) in [7, 11) is 3.27. The number of carbonyl (C=O) groups excluding carboxylic acids is 1. The molecule has 1 amide bonds. The summed E-state index contributed by atoms with van der Waals surface area (Å²) in [6.07, 6.45) is 0. The van der Waals surface area contributed by atoms with Gasteiger partial charge in [0.15, 0.2) is 0 Å². The molecular weight excluding hydrogens is 334 g/mol. The Labute approximate surface area is 151 Å². The Morgan fingerprint density at radius 2 is 1.40 bits per heavy atom. The molecular formula is C20H19NO3S. The van der Waals surface area contributed by atoms with E-state index in [1.165, 1.54) is 11.3 Å². The molecule has 0 saturated carbocycles. The first-order valence-electron chi connectivity index (χ1n) is 7.82. The monoisotopic (exact) mass is 353 g/mol. The minimum absolute atomic E-state index is 0.0992. The van der Waals surface area contributed by atoms with E-state index in [-0.39, 0.29) is 11.9 Å². The molecule has 0 fully saturated rings. The first kappa shape index (κ1) is 17.0. The van der Waals surface area contributed by atoms with Gasteiger partial charge in [0.2, 0.25) is 0 Å². The Morgan fingerprint density at radius 1 is 0.880 bits per heavy atom. The van der Waals surface area contributed by atoms with Crippen molar-refractivity contribution in [1.29, 1.82) is 0 Å². The molecule has 0 spiro atoms. The van der Waals surface area contributed by atoms with Gasteiger partial charge in [-0.3, -0.25) is 4.79 Å². The lowest BCUT2D eigenvalue weighted by Gasteiger charge is -2.20. The lowest BCUT2D eigenvalue weighted by molar-refractivity contribution is 0.0943. The Morgan fingerprint density at radius 3 is 1.80 bits per heavy atom. The predicted molar refractivity (Wildman–Crippen MR) is 99.6 cm³/mol. The standard InChI is InChI=1S/C20H19NO3S/c1-23-17-7-3-14(4-8-17)19(15-5-9-18(24-2)10-6-15)21-20(22)16-11-12-25-13-16/h3-13,19H,1-2H3,(H,21,22). The average molecular weight is 353 g/mol. The van der Waals surface area contributed by atoms with Crippen molar-refractivity contribution in [3.63, 3.8) is 0 Å². The van der Waals surface area contributed by atoms with E-state index in [2.05, 4.69) is 5.32 Å². The molecule has 3 aromatic rings. The molecule has 25 heavy (non-hydrogen) atoms. The normalized spacial score (nSPS) is 10.5. The highest BCUT2D eigenvalue weighted by Gasteiger charge is 2.18. The smallest absolute Gasteiger partial charge is 0.252 e. The van der Waals surface area contributed by atoms with Gasteiger partial charge >= 0.3 is 0 Å². The van der Waals surface area contributed by atoms with Crippen LogP contribution in [0.1, 0.15) is 27.5 Å². The molecule has 0 atom stereocenters. The zero-order valence-corrected chi connectivity index (χ0v) is 14.9. The maximum atomic E-state index is 12.6. The van der Waals surface area contributed by atoms with Gasteiger partial charge in [-0.25, -0.2) is 0 Å². The number of hydrogen-bond donors (Lipinski definition) is 1. The Bertz CT molecular complexity index is 764. The predicted octanol–water partition coefficient (Wildman–Crippen LogP) is 4.28. The Hall–Kier alpha value is -2.79. The van der Waals surface area contributed by atoms with E-state index in [0.29, 0.717) is 5.56 Å². The Balaban J connectivity index is 1.92. The second-order valence-electron chi connectivity index (χ2n) is 5.46. The van der Waals surface area contributed by atoms with Crippen LogP contribution < -0.4 is 14.8 Å². The SMILES string of the molecule is COc1ccc(C(NC(=O)c2ccsc2)c2ccc(OC)cc2)cc1. The number of benzene rings is 2. The first-order valence-corrected chi connectivity index (χ1v) is 8.76. The highest BCUT2D eigenvalue weighted by Crippen LogP contribution is 2.26. The molecule has 0 aliphatic heterocycles. The molecule has 0 unspecified atom stereocenters. The molecule has 128 valence electrons. The summed E-state index contributed by atoms with van der Waals surface area (Å²) in [6, 6.07) is 17.0. The van der Waals surface area contributed by atoms with Gasteiger partial charge in [0, 0.05) is 5.38 Å². The quantitative estimate of drug-likeness (QED) is 0.719. The molecule has 4 nitrogen and oxygen atoms in total. The van der Waals surface area contributed by atoms with Crippen LogP contribution in [0.25, 0.3) is 0 Å². The highest BCUT2D eigenvalue weighted by atomic mass is 32.1. The van der Waals surface area contributed by atoms with E-state index in [0.717, 1.165) is 22.6 Å². The van der Waals surface area contributed by atoms with Crippen LogP contribution in [0.3, 0.4) is 0 Å². The molecule has 0 saturated heterocycles. The summed E-state index contributed by atoms with van der Waals surface area (Å²) in [4.78, 5) is 12.6. The lowest BCUT2D eigenvalue weighted by Crippen LogP contribution is -2.29. The Kier molecular flexibility index (Phi) is 5.36. The van der Waals surface area contributed by atoms with Crippen LogP contribution in [-0.4, -0.2) is 20.1 Å². The van der Waals surface area contributed by atoms with Crippen LogP contribution in [0, 0.1) is 0 Å². The van der Waals surface area contributed by atoms with Gasteiger partial charge in [-0.05, 0) is 46.8 Å². The molecule has 1 aromatic heterocycles.